The minimum atomic E-state index is 0.288. The van der Waals surface area contributed by atoms with Gasteiger partial charge in [0.2, 0.25) is 0 Å². The second kappa shape index (κ2) is 8.39. The van der Waals surface area contributed by atoms with Crippen LogP contribution in [0, 0.1) is 0 Å². The predicted octanol–water partition coefficient (Wildman–Crippen LogP) is 3.31. The minimum Gasteiger partial charge on any atom is -0.490 e. The Morgan fingerprint density at radius 2 is 1.67 bits per heavy atom. The van der Waals surface area contributed by atoms with Gasteiger partial charge in [-0.15, -0.1) is 0 Å². The molecule has 1 N–H and O–H groups in total. The lowest BCUT2D eigenvalue weighted by molar-refractivity contribution is 0.129. The molecule has 1 aliphatic heterocycles. The Kier molecular flexibility index (Phi) is 5.72. The first-order valence-corrected chi connectivity index (χ1v) is 8.56. The van der Waals surface area contributed by atoms with E-state index in [9.17, 15) is 0 Å². The summed E-state index contributed by atoms with van der Waals surface area (Å²) in [5.74, 6) is 1.93. The molecule has 0 spiro atoms. The normalized spacial score (nSPS) is 16.0. The average Bonchev–Trinajstić information content (AvgIpc) is 2.65. The van der Waals surface area contributed by atoms with Crippen molar-refractivity contribution >= 4 is 5.96 Å². The zero-order valence-electron chi connectivity index (χ0n) is 14.2. The molecule has 0 amide bonds. The fourth-order valence-corrected chi connectivity index (χ4v) is 2.99. The number of piperidine rings is 1. The van der Waals surface area contributed by atoms with Crippen LogP contribution in [0.5, 0.6) is 5.75 Å². The van der Waals surface area contributed by atoms with Crippen LogP contribution < -0.4 is 10.1 Å². The van der Waals surface area contributed by atoms with Gasteiger partial charge >= 0.3 is 0 Å². The van der Waals surface area contributed by atoms with Gasteiger partial charge in [-0.2, -0.15) is 0 Å². The lowest BCUT2D eigenvalue weighted by atomic mass is 10.1. The number of hydrogen-bond donors (Lipinski definition) is 1. The van der Waals surface area contributed by atoms with Crippen LogP contribution in [0.3, 0.4) is 0 Å². The molecule has 0 atom stereocenters. The highest BCUT2D eigenvalue weighted by atomic mass is 16.5. The molecule has 1 saturated heterocycles. The molecule has 4 heteroatoms. The van der Waals surface area contributed by atoms with E-state index in [2.05, 4.69) is 39.5 Å². The summed E-state index contributed by atoms with van der Waals surface area (Å²) in [6.07, 6.45) is 2.32. The Morgan fingerprint density at radius 3 is 2.29 bits per heavy atom. The highest BCUT2D eigenvalue weighted by molar-refractivity contribution is 5.79. The number of nitrogens with one attached hydrogen (secondary N) is 1. The lowest BCUT2D eigenvalue weighted by Crippen LogP contribution is -2.47. The largest absolute Gasteiger partial charge is 0.490 e. The van der Waals surface area contributed by atoms with Gasteiger partial charge in [-0.3, -0.25) is 4.99 Å². The van der Waals surface area contributed by atoms with Crippen molar-refractivity contribution in [2.75, 3.05) is 20.1 Å². The summed E-state index contributed by atoms with van der Waals surface area (Å²) in [6.45, 7) is 2.73. The second-order valence-electron chi connectivity index (χ2n) is 6.00. The van der Waals surface area contributed by atoms with Gasteiger partial charge in [-0.05, 0) is 17.7 Å². The molecule has 2 aromatic carbocycles. The van der Waals surface area contributed by atoms with Crippen LogP contribution in [0.25, 0.3) is 0 Å². The van der Waals surface area contributed by atoms with Gasteiger partial charge < -0.3 is 15.0 Å². The van der Waals surface area contributed by atoms with Crippen LogP contribution in [0.15, 0.2) is 65.7 Å². The van der Waals surface area contributed by atoms with Gasteiger partial charge in [0.25, 0.3) is 0 Å². The van der Waals surface area contributed by atoms with Crippen LogP contribution >= 0.6 is 0 Å². The first-order valence-electron chi connectivity index (χ1n) is 8.56. The molecule has 0 bridgehead atoms. The maximum absolute atomic E-state index is 6.06. The van der Waals surface area contributed by atoms with E-state index >= 15 is 0 Å². The third-order valence-electron chi connectivity index (χ3n) is 4.29. The molecular weight excluding hydrogens is 298 g/mol. The number of likely N-dealkylation sites (tertiary alicyclic amines) is 1. The lowest BCUT2D eigenvalue weighted by Gasteiger charge is -2.34. The van der Waals surface area contributed by atoms with E-state index in [-0.39, 0.29) is 6.10 Å². The van der Waals surface area contributed by atoms with E-state index in [1.165, 1.54) is 5.56 Å². The van der Waals surface area contributed by atoms with Crippen molar-refractivity contribution < 1.29 is 4.74 Å². The molecule has 0 saturated carbocycles. The van der Waals surface area contributed by atoms with Gasteiger partial charge in [0.15, 0.2) is 5.96 Å². The highest BCUT2D eigenvalue weighted by Crippen LogP contribution is 2.18. The van der Waals surface area contributed by atoms with Crippen molar-refractivity contribution in [3.8, 4) is 5.75 Å². The number of hydrogen-bond acceptors (Lipinski definition) is 2. The highest BCUT2D eigenvalue weighted by Gasteiger charge is 2.22. The van der Waals surface area contributed by atoms with Crippen molar-refractivity contribution in [1.82, 2.24) is 10.2 Å². The molecule has 0 aliphatic carbocycles. The maximum atomic E-state index is 6.06. The van der Waals surface area contributed by atoms with E-state index in [0.717, 1.165) is 44.2 Å². The zero-order valence-corrected chi connectivity index (χ0v) is 14.2. The Morgan fingerprint density at radius 1 is 1.04 bits per heavy atom. The fraction of sp³-hybridized carbons (Fsp3) is 0.350. The van der Waals surface area contributed by atoms with Gasteiger partial charge in [-0.1, -0.05) is 48.5 Å². The molecule has 24 heavy (non-hydrogen) atoms. The standard InChI is InChI=1S/C20H25N3O/c1-21-20(22-16-17-8-4-2-5-9-17)23-14-12-19(13-15-23)24-18-10-6-3-7-11-18/h2-11,19H,12-16H2,1H3,(H,21,22). The van der Waals surface area contributed by atoms with E-state index < -0.39 is 0 Å². The van der Waals surface area contributed by atoms with Crippen molar-refractivity contribution in [3.05, 3.63) is 66.2 Å². The third kappa shape index (κ3) is 4.51. The Bertz CT molecular complexity index is 634. The molecule has 3 rings (SSSR count). The van der Waals surface area contributed by atoms with Crippen molar-refractivity contribution in [3.63, 3.8) is 0 Å². The summed E-state index contributed by atoms with van der Waals surface area (Å²) in [5.41, 5.74) is 1.26. The summed E-state index contributed by atoms with van der Waals surface area (Å²) in [4.78, 5) is 6.74. The third-order valence-corrected chi connectivity index (χ3v) is 4.29. The number of aliphatic imine (C=N–C) groups is 1. The predicted molar refractivity (Wildman–Crippen MR) is 98.3 cm³/mol. The number of guanidine groups is 1. The number of rotatable bonds is 4. The quantitative estimate of drug-likeness (QED) is 0.693. The fourth-order valence-electron chi connectivity index (χ4n) is 2.99. The van der Waals surface area contributed by atoms with Crippen LogP contribution in [-0.2, 0) is 6.54 Å². The van der Waals surface area contributed by atoms with Crippen LogP contribution in [0.1, 0.15) is 18.4 Å². The molecule has 0 unspecified atom stereocenters. The maximum Gasteiger partial charge on any atom is 0.193 e. The number of benzene rings is 2. The smallest absolute Gasteiger partial charge is 0.193 e. The average molecular weight is 323 g/mol. The molecular formula is C20H25N3O. The SMILES string of the molecule is CN=C(NCc1ccccc1)N1CCC(Oc2ccccc2)CC1. The van der Waals surface area contributed by atoms with E-state index in [1.807, 2.05) is 43.4 Å². The first kappa shape index (κ1) is 16.4. The second-order valence-corrected chi connectivity index (χ2v) is 6.00. The summed E-state index contributed by atoms with van der Waals surface area (Å²) in [6, 6.07) is 20.5. The Hall–Kier alpha value is -2.49. The van der Waals surface area contributed by atoms with Crippen LogP contribution in [0.2, 0.25) is 0 Å². The van der Waals surface area contributed by atoms with E-state index in [1.54, 1.807) is 0 Å². The van der Waals surface area contributed by atoms with Gasteiger partial charge in [0.05, 0.1) is 0 Å². The molecule has 0 radical (unpaired) electrons. The van der Waals surface area contributed by atoms with Gasteiger partial charge in [0, 0.05) is 39.5 Å². The molecule has 2 aromatic rings. The summed E-state index contributed by atoms with van der Waals surface area (Å²) in [5, 5.41) is 3.46. The monoisotopic (exact) mass is 323 g/mol. The molecule has 4 nitrogen and oxygen atoms in total. The molecule has 1 fully saturated rings. The van der Waals surface area contributed by atoms with Crippen molar-refractivity contribution in [2.45, 2.75) is 25.5 Å². The van der Waals surface area contributed by atoms with Gasteiger partial charge in [-0.25, -0.2) is 0 Å². The van der Waals surface area contributed by atoms with Crippen LogP contribution in [0.4, 0.5) is 0 Å². The summed E-state index contributed by atoms with van der Waals surface area (Å²) in [7, 11) is 1.85. The number of para-hydroxylation sites is 1. The number of nitrogens with zero attached hydrogens (tertiary/aromatic N) is 2. The molecule has 1 aliphatic rings. The number of ether oxygens (including phenoxy) is 1. The van der Waals surface area contributed by atoms with E-state index in [4.69, 9.17) is 4.74 Å². The first-order chi connectivity index (χ1) is 11.8. The van der Waals surface area contributed by atoms with E-state index in [0.29, 0.717) is 0 Å². The van der Waals surface area contributed by atoms with Gasteiger partial charge in [0.1, 0.15) is 11.9 Å². The Labute approximate surface area is 144 Å². The molecule has 0 aromatic heterocycles. The summed E-state index contributed by atoms with van der Waals surface area (Å²) < 4.78 is 6.06. The molecule has 1 heterocycles. The van der Waals surface area contributed by atoms with Crippen molar-refractivity contribution in [1.29, 1.82) is 0 Å². The topological polar surface area (TPSA) is 36.9 Å². The Balaban J connectivity index is 1.47. The molecule has 126 valence electrons. The van der Waals surface area contributed by atoms with Crippen LogP contribution in [-0.4, -0.2) is 37.1 Å². The summed E-state index contributed by atoms with van der Waals surface area (Å²) >= 11 is 0. The van der Waals surface area contributed by atoms with Crippen molar-refractivity contribution in [2.24, 2.45) is 4.99 Å². The minimum absolute atomic E-state index is 0.288. The zero-order chi connectivity index (χ0) is 16.6.